The van der Waals surface area contributed by atoms with Crippen molar-refractivity contribution in [2.45, 2.75) is 43.8 Å². The van der Waals surface area contributed by atoms with Crippen molar-refractivity contribution in [1.29, 1.82) is 0 Å². The molecule has 2 heterocycles. The first-order chi connectivity index (χ1) is 15.8. The number of allylic oxidation sites excluding steroid dienone is 1. The summed E-state index contributed by atoms with van der Waals surface area (Å²) in [5, 5.41) is 0. The second-order valence-electron chi connectivity index (χ2n) is 8.15. The number of hydrogen-bond donors (Lipinski definition) is 0. The highest BCUT2D eigenvalue weighted by Crippen LogP contribution is 2.44. The molecule has 4 atom stereocenters. The minimum atomic E-state index is -4.43. The first kappa shape index (κ1) is 23.0. The third-order valence-electron chi connectivity index (χ3n) is 6.05. The van der Waals surface area contributed by atoms with E-state index in [0.29, 0.717) is 24.0 Å². The van der Waals surface area contributed by atoms with E-state index in [-0.39, 0.29) is 23.9 Å². The average molecular weight is 460 g/mol. The predicted octanol–water partition coefficient (Wildman–Crippen LogP) is 5.27. The van der Waals surface area contributed by atoms with E-state index >= 15 is 0 Å². The Labute approximate surface area is 189 Å². The lowest BCUT2D eigenvalue weighted by Crippen LogP contribution is -2.43. The van der Waals surface area contributed by atoms with Crippen molar-refractivity contribution in [2.75, 3.05) is 7.11 Å². The van der Waals surface area contributed by atoms with Crippen LogP contribution >= 0.6 is 0 Å². The summed E-state index contributed by atoms with van der Waals surface area (Å²) in [6.45, 7) is 0. The number of hydrogen-bond acceptors (Lipinski definition) is 5. The Balaban J connectivity index is 1.54. The lowest BCUT2D eigenvalue weighted by Gasteiger charge is -2.42. The number of esters is 1. The summed E-state index contributed by atoms with van der Waals surface area (Å²) in [5.41, 5.74) is 0.460. The number of halogens is 3. The minimum absolute atomic E-state index is 0.0568. The normalized spacial score (nSPS) is 24.8. The SMILES string of the molecule is COC(=O)C1=C[C@H](c2ccc(C(F)(F)F)cc2)[C@H]2CC[C@H](CC(=O)c3ccccc3)O[C@H]2O1. The monoisotopic (exact) mass is 460 g/mol. The van der Waals surface area contributed by atoms with E-state index in [1.165, 1.54) is 19.2 Å². The number of Topliss-reactive ketones (excluding diaryl/α,β-unsaturated/α-hetero) is 1. The second kappa shape index (κ2) is 9.39. The van der Waals surface area contributed by atoms with Crippen LogP contribution < -0.4 is 0 Å². The van der Waals surface area contributed by atoms with Gasteiger partial charge < -0.3 is 14.2 Å². The number of carbonyl (C=O) groups is 2. The van der Waals surface area contributed by atoms with Gasteiger partial charge in [-0.3, -0.25) is 4.79 Å². The summed E-state index contributed by atoms with van der Waals surface area (Å²) in [5.74, 6) is -1.43. The van der Waals surface area contributed by atoms with Gasteiger partial charge in [0, 0.05) is 23.8 Å². The molecule has 0 N–H and O–H groups in total. The Morgan fingerprint density at radius 3 is 2.36 bits per heavy atom. The smallest absolute Gasteiger partial charge is 0.416 e. The van der Waals surface area contributed by atoms with Gasteiger partial charge in [0.1, 0.15) is 0 Å². The minimum Gasteiger partial charge on any atom is -0.463 e. The van der Waals surface area contributed by atoms with Gasteiger partial charge in [-0.2, -0.15) is 13.2 Å². The molecular formula is C25H23F3O5. The summed E-state index contributed by atoms with van der Waals surface area (Å²) < 4.78 is 55.5. The Bertz CT molecular complexity index is 1030. The molecule has 0 aromatic heterocycles. The summed E-state index contributed by atoms with van der Waals surface area (Å²) in [7, 11) is 1.22. The van der Waals surface area contributed by atoms with E-state index in [0.717, 1.165) is 12.1 Å². The van der Waals surface area contributed by atoms with Crippen LogP contribution in [0.5, 0.6) is 0 Å². The van der Waals surface area contributed by atoms with Crippen LogP contribution in [0.3, 0.4) is 0 Å². The molecule has 0 radical (unpaired) electrons. The molecule has 5 nitrogen and oxygen atoms in total. The first-order valence-corrected chi connectivity index (χ1v) is 10.6. The van der Waals surface area contributed by atoms with Crippen molar-refractivity contribution >= 4 is 11.8 Å². The molecule has 0 unspecified atom stereocenters. The van der Waals surface area contributed by atoms with Crippen LogP contribution in [-0.2, 0) is 25.2 Å². The van der Waals surface area contributed by atoms with Crippen LogP contribution in [-0.4, -0.2) is 31.3 Å². The Hall–Kier alpha value is -3.13. The van der Waals surface area contributed by atoms with Crippen LogP contribution in [0.4, 0.5) is 13.2 Å². The zero-order chi connectivity index (χ0) is 23.6. The van der Waals surface area contributed by atoms with E-state index in [4.69, 9.17) is 14.2 Å². The third-order valence-corrected chi connectivity index (χ3v) is 6.05. The van der Waals surface area contributed by atoms with Gasteiger partial charge in [0.25, 0.3) is 0 Å². The van der Waals surface area contributed by atoms with Gasteiger partial charge in [-0.25, -0.2) is 4.79 Å². The molecule has 4 rings (SSSR count). The molecular weight excluding hydrogens is 437 g/mol. The maximum atomic E-state index is 13.0. The Morgan fingerprint density at radius 1 is 1.03 bits per heavy atom. The van der Waals surface area contributed by atoms with Crippen molar-refractivity contribution in [3.8, 4) is 0 Å². The number of fused-ring (bicyclic) bond motifs is 1. The summed E-state index contributed by atoms with van der Waals surface area (Å²) >= 11 is 0. The van der Waals surface area contributed by atoms with Gasteiger partial charge in [0.05, 0.1) is 18.8 Å². The fourth-order valence-electron chi connectivity index (χ4n) is 4.34. The van der Waals surface area contributed by atoms with E-state index < -0.39 is 36.0 Å². The van der Waals surface area contributed by atoms with Gasteiger partial charge in [-0.05, 0) is 36.6 Å². The van der Waals surface area contributed by atoms with Crippen LogP contribution in [0.25, 0.3) is 0 Å². The molecule has 0 bridgehead atoms. The van der Waals surface area contributed by atoms with Crippen molar-refractivity contribution in [3.05, 3.63) is 83.1 Å². The number of ether oxygens (including phenoxy) is 3. The molecule has 0 aliphatic carbocycles. The Morgan fingerprint density at radius 2 is 1.73 bits per heavy atom. The van der Waals surface area contributed by atoms with E-state index in [1.807, 2.05) is 6.07 Å². The molecule has 2 aliphatic rings. The van der Waals surface area contributed by atoms with E-state index in [1.54, 1.807) is 30.3 Å². The summed E-state index contributed by atoms with van der Waals surface area (Å²) in [4.78, 5) is 24.8. The summed E-state index contributed by atoms with van der Waals surface area (Å²) in [6, 6.07) is 13.8. The largest absolute Gasteiger partial charge is 0.463 e. The van der Waals surface area contributed by atoms with Crippen molar-refractivity contribution in [3.63, 3.8) is 0 Å². The van der Waals surface area contributed by atoms with Crippen molar-refractivity contribution in [1.82, 2.24) is 0 Å². The molecule has 174 valence electrons. The van der Waals surface area contributed by atoms with Gasteiger partial charge in [-0.15, -0.1) is 0 Å². The van der Waals surface area contributed by atoms with Crippen molar-refractivity contribution in [2.24, 2.45) is 5.92 Å². The second-order valence-corrected chi connectivity index (χ2v) is 8.15. The number of alkyl halides is 3. The molecule has 1 saturated heterocycles. The number of benzene rings is 2. The van der Waals surface area contributed by atoms with Gasteiger partial charge in [-0.1, -0.05) is 42.5 Å². The lowest BCUT2D eigenvalue weighted by atomic mass is 9.78. The van der Waals surface area contributed by atoms with Gasteiger partial charge in [0.2, 0.25) is 12.0 Å². The molecule has 33 heavy (non-hydrogen) atoms. The van der Waals surface area contributed by atoms with Crippen LogP contribution in [0.2, 0.25) is 0 Å². The van der Waals surface area contributed by atoms with Crippen LogP contribution in [0.1, 0.15) is 46.7 Å². The highest BCUT2D eigenvalue weighted by molar-refractivity contribution is 5.96. The number of rotatable bonds is 5. The molecule has 2 aromatic carbocycles. The van der Waals surface area contributed by atoms with Gasteiger partial charge in [0.15, 0.2) is 5.78 Å². The van der Waals surface area contributed by atoms with Gasteiger partial charge >= 0.3 is 12.1 Å². The zero-order valence-electron chi connectivity index (χ0n) is 17.9. The molecule has 8 heteroatoms. The zero-order valence-corrected chi connectivity index (χ0v) is 17.9. The van der Waals surface area contributed by atoms with Crippen LogP contribution in [0.15, 0.2) is 66.4 Å². The fraction of sp³-hybridized carbons (Fsp3) is 0.360. The molecule has 2 aromatic rings. The predicted molar refractivity (Wildman–Crippen MR) is 112 cm³/mol. The standard InChI is InChI=1S/C25H23F3O5/c1-31-23(30)22-14-20(15-7-9-17(10-8-15)25(26,27)28)19-12-11-18(32-24(19)33-22)13-21(29)16-5-3-2-4-6-16/h2-10,14,18-20,24H,11-13H2,1H3/t18-,19-,20-,24+/m1/s1. The third kappa shape index (κ3) is 5.11. The number of carbonyl (C=O) groups excluding carboxylic acids is 2. The molecule has 0 amide bonds. The lowest BCUT2D eigenvalue weighted by molar-refractivity contribution is -0.215. The van der Waals surface area contributed by atoms with Crippen molar-refractivity contribution < 1.29 is 37.0 Å². The highest BCUT2D eigenvalue weighted by atomic mass is 19.4. The number of ketones is 1. The first-order valence-electron chi connectivity index (χ1n) is 10.6. The number of methoxy groups -OCH3 is 1. The quantitative estimate of drug-likeness (QED) is 0.449. The Kier molecular flexibility index (Phi) is 6.56. The molecule has 0 spiro atoms. The van der Waals surface area contributed by atoms with E-state index in [2.05, 4.69) is 0 Å². The summed E-state index contributed by atoms with van der Waals surface area (Å²) in [6.07, 6.45) is -2.71. The molecule has 2 aliphatic heterocycles. The molecule has 0 saturated carbocycles. The maximum absolute atomic E-state index is 13.0. The fourth-order valence-corrected chi connectivity index (χ4v) is 4.34. The average Bonchev–Trinajstić information content (AvgIpc) is 2.82. The maximum Gasteiger partial charge on any atom is 0.416 e. The highest BCUT2D eigenvalue weighted by Gasteiger charge is 2.43. The van der Waals surface area contributed by atoms with E-state index in [9.17, 15) is 22.8 Å². The molecule has 1 fully saturated rings. The topological polar surface area (TPSA) is 61.8 Å². The van der Waals surface area contributed by atoms with Crippen LogP contribution in [0, 0.1) is 5.92 Å².